The Morgan fingerprint density at radius 3 is 2.58 bits per heavy atom. The van der Waals surface area contributed by atoms with Gasteiger partial charge in [-0.2, -0.15) is 0 Å². The number of pyridine rings is 1. The SMILES string of the molecule is Cc1cc(NS(=O)(=O)Cc2ccccc2)c2ccccc2c1Oc1ncccc1-c1ccnc(NC2CCCN(C(=O)O)C2)n1. The fourth-order valence-corrected chi connectivity index (χ4v) is 6.71. The first kappa shape index (κ1) is 29.8. The van der Waals surface area contributed by atoms with Gasteiger partial charge in [-0.15, -0.1) is 0 Å². The van der Waals surface area contributed by atoms with Crippen LogP contribution in [0.4, 0.5) is 16.4 Å². The van der Waals surface area contributed by atoms with Gasteiger partial charge in [-0.3, -0.25) is 4.72 Å². The van der Waals surface area contributed by atoms with Crippen molar-refractivity contribution in [2.45, 2.75) is 31.6 Å². The summed E-state index contributed by atoms with van der Waals surface area (Å²) in [6, 6.07) is 23.5. The highest BCUT2D eigenvalue weighted by molar-refractivity contribution is 7.91. The summed E-state index contributed by atoms with van der Waals surface area (Å²) in [7, 11) is -3.69. The number of hydrogen-bond donors (Lipinski definition) is 3. The van der Waals surface area contributed by atoms with Gasteiger partial charge in [0.2, 0.25) is 21.9 Å². The number of fused-ring (bicyclic) bond motifs is 1. The normalized spacial score (nSPS) is 15.0. The molecule has 1 aliphatic rings. The molecular weight excluding hydrogens is 592 g/mol. The molecule has 6 rings (SSSR count). The van der Waals surface area contributed by atoms with E-state index in [1.165, 1.54) is 4.90 Å². The molecule has 2 aromatic heterocycles. The lowest BCUT2D eigenvalue weighted by atomic mass is 10.0. The predicted octanol–water partition coefficient (Wildman–Crippen LogP) is 6.29. The molecule has 0 bridgehead atoms. The lowest BCUT2D eigenvalue weighted by Gasteiger charge is -2.31. The molecule has 0 radical (unpaired) electrons. The van der Waals surface area contributed by atoms with Crippen molar-refractivity contribution in [1.29, 1.82) is 0 Å². The number of nitrogens with one attached hydrogen (secondary N) is 2. The van der Waals surface area contributed by atoms with Crippen LogP contribution in [0.1, 0.15) is 24.0 Å². The van der Waals surface area contributed by atoms with Crippen LogP contribution in [0.5, 0.6) is 11.6 Å². The molecule has 1 aliphatic heterocycles. The number of likely N-dealkylation sites (tertiary alicyclic amines) is 1. The minimum Gasteiger partial charge on any atom is -0.465 e. The van der Waals surface area contributed by atoms with Crippen LogP contribution < -0.4 is 14.8 Å². The zero-order valence-corrected chi connectivity index (χ0v) is 25.4. The highest BCUT2D eigenvalue weighted by atomic mass is 32.2. The van der Waals surface area contributed by atoms with E-state index in [1.807, 2.05) is 55.5 Å². The van der Waals surface area contributed by atoms with E-state index in [4.69, 9.17) is 9.72 Å². The summed E-state index contributed by atoms with van der Waals surface area (Å²) in [6.45, 7) is 2.73. The Bertz CT molecular complexity index is 1950. The third-order valence-electron chi connectivity index (χ3n) is 7.57. The van der Waals surface area contributed by atoms with Crippen LogP contribution in [0.3, 0.4) is 0 Å². The number of aromatic nitrogens is 3. The monoisotopic (exact) mass is 624 g/mol. The maximum absolute atomic E-state index is 13.1. The fourth-order valence-electron chi connectivity index (χ4n) is 5.50. The maximum atomic E-state index is 13.1. The van der Waals surface area contributed by atoms with Crippen molar-refractivity contribution >= 4 is 38.5 Å². The van der Waals surface area contributed by atoms with Gasteiger partial charge in [0.25, 0.3) is 0 Å². The second kappa shape index (κ2) is 12.8. The maximum Gasteiger partial charge on any atom is 0.407 e. The highest BCUT2D eigenvalue weighted by Gasteiger charge is 2.24. The van der Waals surface area contributed by atoms with E-state index >= 15 is 0 Å². The van der Waals surface area contributed by atoms with E-state index in [1.54, 1.807) is 42.7 Å². The molecule has 3 aromatic carbocycles. The number of rotatable bonds is 9. The van der Waals surface area contributed by atoms with Crippen LogP contribution in [-0.4, -0.2) is 58.6 Å². The summed E-state index contributed by atoms with van der Waals surface area (Å²) < 4.78 is 35.5. The summed E-state index contributed by atoms with van der Waals surface area (Å²) in [5.74, 6) is 1.10. The molecule has 0 aliphatic carbocycles. The smallest absolute Gasteiger partial charge is 0.407 e. The molecule has 1 atom stereocenters. The van der Waals surface area contributed by atoms with E-state index in [-0.39, 0.29) is 11.8 Å². The highest BCUT2D eigenvalue weighted by Crippen LogP contribution is 2.40. The number of anilines is 2. The lowest BCUT2D eigenvalue weighted by Crippen LogP contribution is -2.44. The summed E-state index contributed by atoms with van der Waals surface area (Å²) in [5.41, 5.74) is 3.08. The molecule has 1 saturated heterocycles. The van der Waals surface area contributed by atoms with E-state index in [9.17, 15) is 18.3 Å². The minimum atomic E-state index is -3.69. The predicted molar refractivity (Wildman–Crippen MR) is 173 cm³/mol. The Hall–Kier alpha value is -5.23. The summed E-state index contributed by atoms with van der Waals surface area (Å²) >= 11 is 0. The first-order valence-electron chi connectivity index (χ1n) is 14.5. The van der Waals surface area contributed by atoms with Gasteiger partial charge in [-0.1, -0.05) is 54.6 Å². The van der Waals surface area contributed by atoms with Crippen LogP contribution >= 0.6 is 0 Å². The Morgan fingerprint density at radius 2 is 1.78 bits per heavy atom. The van der Waals surface area contributed by atoms with Gasteiger partial charge in [-0.05, 0) is 55.2 Å². The molecule has 0 spiro atoms. The number of sulfonamides is 1. The molecule has 3 N–H and O–H groups in total. The van der Waals surface area contributed by atoms with Gasteiger partial charge in [0.15, 0.2) is 0 Å². The summed E-state index contributed by atoms with van der Waals surface area (Å²) in [5, 5.41) is 14.1. The van der Waals surface area contributed by atoms with E-state index in [0.29, 0.717) is 64.1 Å². The second-order valence-electron chi connectivity index (χ2n) is 10.9. The Morgan fingerprint density at radius 1 is 1.00 bits per heavy atom. The molecule has 1 fully saturated rings. The number of aryl methyl sites for hydroxylation is 1. The van der Waals surface area contributed by atoms with Crippen molar-refractivity contribution in [3.05, 3.63) is 102 Å². The molecule has 12 heteroatoms. The number of ether oxygens (including phenoxy) is 1. The van der Waals surface area contributed by atoms with Gasteiger partial charge in [0, 0.05) is 42.3 Å². The van der Waals surface area contributed by atoms with Gasteiger partial charge in [0.05, 0.1) is 22.7 Å². The number of hydrogen-bond acceptors (Lipinski definition) is 8. The van der Waals surface area contributed by atoms with E-state index in [2.05, 4.69) is 20.0 Å². The molecule has 5 aromatic rings. The van der Waals surface area contributed by atoms with Crippen molar-refractivity contribution in [1.82, 2.24) is 19.9 Å². The number of carbonyl (C=O) groups is 1. The molecule has 45 heavy (non-hydrogen) atoms. The topological polar surface area (TPSA) is 147 Å². The zero-order chi connectivity index (χ0) is 31.4. The van der Waals surface area contributed by atoms with Crippen molar-refractivity contribution in [2.24, 2.45) is 0 Å². The van der Waals surface area contributed by atoms with Crippen molar-refractivity contribution in [3.8, 4) is 22.9 Å². The molecule has 1 unspecified atom stereocenters. The number of benzene rings is 3. The first-order chi connectivity index (χ1) is 21.8. The van der Waals surface area contributed by atoms with Gasteiger partial charge in [0.1, 0.15) is 5.75 Å². The van der Waals surface area contributed by atoms with Gasteiger partial charge >= 0.3 is 6.09 Å². The zero-order valence-electron chi connectivity index (χ0n) is 24.6. The number of amides is 1. The Balaban J connectivity index is 1.28. The summed E-state index contributed by atoms with van der Waals surface area (Å²) in [6.07, 6.45) is 3.89. The minimum absolute atomic E-state index is 0.104. The van der Waals surface area contributed by atoms with Crippen molar-refractivity contribution in [2.75, 3.05) is 23.1 Å². The molecule has 1 amide bonds. The third kappa shape index (κ3) is 6.96. The Kier molecular flexibility index (Phi) is 8.47. The first-order valence-corrected chi connectivity index (χ1v) is 16.2. The summed E-state index contributed by atoms with van der Waals surface area (Å²) in [4.78, 5) is 26.4. The quantitative estimate of drug-likeness (QED) is 0.172. The molecule has 230 valence electrons. The van der Waals surface area contributed by atoms with Crippen LogP contribution in [0, 0.1) is 6.92 Å². The fraction of sp³-hybridized carbons (Fsp3) is 0.212. The number of carboxylic acid groups (broad SMARTS) is 1. The second-order valence-corrected chi connectivity index (χ2v) is 12.6. The molecule has 3 heterocycles. The van der Waals surface area contributed by atoms with Crippen LogP contribution in [-0.2, 0) is 15.8 Å². The van der Waals surface area contributed by atoms with Crippen molar-refractivity contribution < 1.29 is 23.1 Å². The van der Waals surface area contributed by atoms with Crippen molar-refractivity contribution in [3.63, 3.8) is 0 Å². The van der Waals surface area contributed by atoms with Crippen LogP contribution in [0.2, 0.25) is 0 Å². The largest absolute Gasteiger partial charge is 0.465 e. The van der Waals surface area contributed by atoms with Crippen LogP contribution in [0.25, 0.3) is 22.0 Å². The Labute approximate surface area is 261 Å². The van der Waals surface area contributed by atoms with Gasteiger partial charge in [-0.25, -0.2) is 28.2 Å². The van der Waals surface area contributed by atoms with E-state index < -0.39 is 16.1 Å². The van der Waals surface area contributed by atoms with Gasteiger partial charge < -0.3 is 20.1 Å². The standard InChI is InChI=1S/C33H32N6O5S/c1-22-19-29(38-45(42,43)21-23-9-3-2-4-10-23)25-12-5-6-13-26(25)30(22)44-31-27(14-7-16-34-31)28-15-17-35-32(37-28)36-24-11-8-18-39(20-24)33(40)41/h2-7,9-10,12-17,19,24,38H,8,11,18,20-21H2,1H3,(H,40,41)(H,35,36,37). The number of piperidine rings is 1. The molecule has 0 saturated carbocycles. The third-order valence-corrected chi connectivity index (χ3v) is 8.82. The number of nitrogens with zero attached hydrogens (tertiary/aromatic N) is 4. The lowest BCUT2D eigenvalue weighted by molar-refractivity contribution is 0.132. The average Bonchev–Trinajstić information content (AvgIpc) is 3.03. The molecular formula is C33H32N6O5S. The average molecular weight is 625 g/mol. The van der Waals surface area contributed by atoms with Crippen LogP contribution in [0.15, 0.2) is 91.3 Å². The van der Waals surface area contributed by atoms with E-state index in [0.717, 1.165) is 18.2 Å². The molecule has 11 nitrogen and oxygen atoms in total.